The Morgan fingerprint density at radius 2 is 1.17 bits per heavy atom. The molecule has 17 bridgehead atoms. The molecule has 8 aliphatic heterocycles. The summed E-state index contributed by atoms with van der Waals surface area (Å²) >= 11 is 14.1. The number of amides is 7. The quantitative estimate of drug-likeness (QED) is 0.0577. The number of hydrogen-bond acceptors (Lipinski definition) is 28. The van der Waals surface area contributed by atoms with E-state index < -0.39 is 271 Å². The van der Waals surface area contributed by atoms with E-state index in [2.05, 4.69) is 49.5 Å². The summed E-state index contributed by atoms with van der Waals surface area (Å²) in [7, 11) is 1.42. The summed E-state index contributed by atoms with van der Waals surface area (Å²) < 4.78 is 43.9. The topological polar surface area (TPSA) is 577 Å². The number of aromatic hydroxyl groups is 4. The fraction of sp³-hybridized carbons (Fsp3) is 0.370. The van der Waals surface area contributed by atoms with Crippen molar-refractivity contribution in [3.05, 3.63) is 164 Å². The van der Waals surface area contributed by atoms with Gasteiger partial charge in [0.1, 0.15) is 125 Å². The number of unbranched alkanes of at least 4 members (excludes halogenated alkanes) is 6. The highest BCUT2D eigenvalue weighted by Crippen LogP contribution is 2.51. The van der Waals surface area contributed by atoms with Gasteiger partial charge in [0.15, 0.2) is 35.3 Å². The number of likely N-dealkylation sites (N-methyl/N-ethyl adjacent to an activating group) is 1. The van der Waals surface area contributed by atoms with E-state index in [0.29, 0.717) is 12.8 Å². The number of ether oxygens (including phenoxy) is 7. The number of rotatable bonds is 17. The molecular weight excluding hydrogens is 1620 g/mol. The van der Waals surface area contributed by atoms with Crippen molar-refractivity contribution in [2.75, 3.05) is 13.7 Å². The summed E-state index contributed by atoms with van der Waals surface area (Å²) in [6.07, 6.45) is -15.9. The molecule has 0 radical (unpaired) electrons. The maximum Gasteiger partial charge on any atom is 0.330 e. The van der Waals surface area contributed by atoms with Crippen molar-refractivity contribution < 1.29 is 143 Å². The van der Waals surface area contributed by atoms with Crippen molar-refractivity contribution in [3.63, 3.8) is 0 Å². The molecule has 0 aliphatic carbocycles. The first-order chi connectivity index (χ1) is 57.3. The number of benzene rings is 7. The lowest BCUT2D eigenvalue weighted by Crippen LogP contribution is -2.63. The van der Waals surface area contributed by atoms with Crippen LogP contribution in [-0.2, 0) is 59.0 Å². The monoisotopic (exact) mass is 1700 g/mol. The van der Waals surface area contributed by atoms with E-state index >= 15 is 24.0 Å². The molecule has 18 unspecified atom stereocenters. The van der Waals surface area contributed by atoms with Gasteiger partial charge in [0.05, 0.1) is 16.7 Å². The SMILES string of the molecule is CCCCCCCCCC(=O)NC1OC(Oc2c3cc4cc2Oc2ccc(cc2Cl)C(O)C2NC(=O)C(NC(=O)C4NC(=O)C4NC(=O)C(Cc5ccc(cc5)O3)NC(=O)C(NC)c3ccc(O)c(c3)Oc3cc(O)c(Cl)c4c3)c3ccc(O)c(c3)-c3c(OC4OC(CO)C(O)C(O)C4O)cc(O)cc3C(C(=O)O)NC2=O)C(C(=O)O)C(O)C1O. The zero-order valence-electron chi connectivity index (χ0n) is 63.5. The predicted octanol–water partition coefficient (Wildman–Crippen LogP) is 3.75. The highest BCUT2D eigenvalue weighted by Gasteiger charge is 2.52. The summed E-state index contributed by atoms with van der Waals surface area (Å²) in [6, 6.07) is 6.13. The van der Waals surface area contributed by atoms with Gasteiger partial charge in [-0.2, -0.15) is 0 Å². The maximum atomic E-state index is 16.6. The Morgan fingerprint density at radius 1 is 0.525 bits per heavy atom. The van der Waals surface area contributed by atoms with E-state index in [1.54, 1.807) is 0 Å². The van der Waals surface area contributed by atoms with Crippen LogP contribution in [0.4, 0.5) is 0 Å². The minimum absolute atomic E-state index is 0.105. The predicted molar refractivity (Wildman–Crippen MR) is 414 cm³/mol. The third-order valence-electron chi connectivity index (χ3n) is 21.2. The molecule has 8 aliphatic rings. The Bertz CT molecular complexity index is 5140. The van der Waals surface area contributed by atoms with Crippen LogP contribution in [0.2, 0.25) is 10.0 Å². The van der Waals surface area contributed by atoms with Gasteiger partial charge in [-0.05, 0) is 114 Å². The molecule has 39 heteroatoms. The second kappa shape index (κ2) is 36.4. The number of phenols is 4. The Labute approximate surface area is 691 Å². The van der Waals surface area contributed by atoms with Gasteiger partial charge in [0.25, 0.3) is 0 Å². The van der Waals surface area contributed by atoms with Crippen molar-refractivity contribution >= 4 is 76.5 Å². The van der Waals surface area contributed by atoms with Gasteiger partial charge in [0.2, 0.25) is 59.7 Å². The Hall–Kier alpha value is -11.8. The van der Waals surface area contributed by atoms with E-state index in [1.807, 2.05) is 0 Å². The number of fused-ring (bicyclic) bond motifs is 14. The molecule has 21 N–H and O–H groups in total. The molecule has 37 nitrogen and oxygen atoms in total. The number of carbonyl (C=O) groups excluding carboxylic acids is 7. The summed E-state index contributed by atoms with van der Waals surface area (Å²) in [5.41, 5.74) is -3.32. The Kier molecular flexibility index (Phi) is 26.1. The lowest BCUT2D eigenvalue weighted by Gasteiger charge is -2.41. The molecule has 2 fully saturated rings. The molecule has 0 saturated carbocycles. The molecule has 18 atom stereocenters. The number of carbonyl (C=O) groups is 9. The smallest absolute Gasteiger partial charge is 0.330 e. The van der Waals surface area contributed by atoms with Crippen LogP contribution in [0.25, 0.3) is 11.1 Å². The number of carboxylic acid groups (broad SMARTS) is 2. The summed E-state index contributed by atoms with van der Waals surface area (Å²) in [4.78, 5) is 135. The van der Waals surface area contributed by atoms with Crippen molar-refractivity contribution in [2.24, 2.45) is 5.92 Å². The van der Waals surface area contributed by atoms with Gasteiger partial charge in [-0.25, -0.2) is 4.79 Å². The first kappa shape index (κ1) is 86.0. The van der Waals surface area contributed by atoms with Crippen LogP contribution >= 0.6 is 23.2 Å². The van der Waals surface area contributed by atoms with E-state index in [0.717, 1.165) is 105 Å². The number of nitrogens with one attached hydrogen (secondary N) is 8. The molecule has 7 aromatic carbocycles. The van der Waals surface area contributed by atoms with Crippen LogP contribution in [0.3, 0.4) is 0 Å². The Morgan fingerprint density at radius 3 is 1.86 bits per heavy atom. The van der Waals surface area contributed by atoms with Crippen molar-refractivity contribution in [1.82, 2.24) is 42.5 Å². The molecule has 15 rings (SSSR count). The van der Waals surface area contributed by atoms with Crippen LogP contribution in [0.15, 0.2) is 115 Å². The third kappa shape index (κ3) is 18.2. The standard InChI is InChI=1S/C81H84Cl2N8O29/c1-3-4-5-6-7-8-9-10-54(97)86-77-68(102)66(100)56(78(110)111)80(120-77)119-70-51-25-36-26-52(70)116-48-20-15-35(23-43(48)82)64(98)63-76(109)90-62(79(112)113)41-27-37(93)28-50(117-81-69(103)67(101)65(99)53(31-92)118-81)55(41)40-22-33(13-18-45(40)94)59(73(106)91-63)87-74(107)60(36)88-75(108)61-42-29-39(30-47(96)57(42)83)115-49-24-34(14-19-46(49)95)58(84-2)72(105)85-44(71(104)89-61)21-32-11-16-38(114-51)17-12-32/h11-20,22-30,44,53,56,58-69,77,80-81,84,92-96,98-103H,3-10,21,31H2,1-2H3,(H,85,105)(H,86,97)(H,87,107)(H,88,108)(H,89,104)(H,90,109)(H,91,106)(H,110,111)(H,112,113). The zero-order chi connectivity index (χ0) is 86.0. The van der Waals surface area contributed by atoms with Crippen LogP contribution in [-0.4, -0.2) is 201 Å². The largest absolute Gasteiger partial charge is 0.508 e. The first-order valence-electron chi connectivity index (χ1n) is 38.1. The van der Waals surface area contributed by atoms with Gasteiger partial charge < -0.3 is 142 Å². The molecular formula is C81H84Cl2N8O29. The van der Waals surface area contributed by atoms with E-state index in [1.165, 1.54) is 49.5 Å². The molecule has 120 heavy (non-hydrogen) atoms. The molecule has 0 aromatic heterocycles. The van der Waals surface area contributed by atoms with Gasteiger partial charge in [-0.1, -0.05) is 99.0 Å². The second-order valence-corrected chi connectivity index (χ2v) is 30.2. The van der Waals surface area contributed by atoms with Crippen LogP contribution < -0.4 is 66.2 Å². The number of phenolic OH excluding ortho intramolecular Hbond substituents is 4. The van der Waals surface area contributed by atoms with Crippen molar-refractivity contribution in [3.8, 4) is 80.1 Å². The molecule has 2 saturated heterocycles. The zero-order valence-corrected chi connectivity index (χ0v) is 65.0. The average molecular weight is 1700 g/mol. The van der Waals surface area contributed by atoms with Gasteiger partial charge in [-0.3, -0.25) is 38.4 Å². The highest BCUT2D eigenvalue weighted by atomic mass is 35.5. The Balaban J connectivity index is 1.04. The molecule has 0 spiro atoms. The van der Waals surface area contributed by atoms with Crippen LogP contribution in [0.1, 0.15) is 134 Å². The normalized spacial score (nSPS) is 26.7. The lowest BCUT2D eigenvalue weighted by atomic mass is 9.89. The molecule has 636 valence electrons. The number of aliphatic hydroxyl groups is 7. The van der Waals surface area contributed by atoms with Gasteiger partial charge in [-0.15, -0.1) is 0 Å². The fourth-order valence-corrected chi connectivity index (χ4v) is 15.3. The van der Waals surface area contributed by atoms with Gasteiger partial charge in [0, 0.05) is 47.2 Å². The van der Waals surface area contributed by atoms with Crippen molar-refractivity contribution in [2.45, 2.75) is 169 Å². The first-order valence-corrected chi connectivity index (χ1v) is 38.8. The molecule has 7 amide bonds. The minimum atomic E-state index is -2.47. The lowest BCUT2D eigenvalue weighted by molar-refractivity contribution is -0.277. The third-order valence-corrected chi connectivity index (χ3v) is 21.9. The number of aliphatic carboxylic acids is 2. The van der Waals surface area contributed by atoms with Crippen molar-refractivity contribution in [1.29, 1.82) is 0 Å². The van der Waals surface area contributed by atoms with E-state index in [4.69, 9.17) is 56.4 Å². The fourth-order valence-electron chi connectivity index (χ4n) is 14.9. The molecule has 8 heterocycles. The number of carboxylic acids is 2. The number of halogens is 2. The van der Waals surface area contributed by atoms with Gasteiger partial charge >= 0.3 is 11.9 Å². The van der Waals surface area contributed by atoms with Crippen LogP contribution in [0, 0.1) is 5.92 Å². The number of aliphatic hydroxyl groups excluding tert-OH is 7. The average Bonchev–Trinajstić information content (AvgIpc) is 0.773. The van der Waals surface area contributed by atoms with E-state index in [-0.39, 0.29) is 40.4 Å². The minimum Gasteiger partial charge on any atom is -0.508 e. The van der Waals surface area contributed by atoms with E-state index in [9.17, 15) is 85.6 Å². The molecule has 7 aromatic rings. The summed E-state index contributed by atoms with van der Waals surface area (Å²) in [5, 5.41) is 167. The summed E-state index contributed by atoms with van der Waals surface area (Å²) in [5.74, 6) is -22.0. The number of hydrogen-bond donors (Lipinski definition) is 21. The second-order valence-electron chi connectivity index (χ2n) is 29.4. The van der Waals surface area contributed by atoms with Crippen LogP contribution in [0.5, 0.6) is 69.0 Å². The maximum absolute atomic E-state index is 16.6. The summed E-state index contributed by atoms with van der Waals surface area (Å²) in [6.45, 7) is 1.07. The highest BCUT2D eigenvalue weighted by molar-refractivity contribution is 6.33.